The minimum absolute atomic E-state index is 0.0426. The highest BCUT2D eigenvalue weighted by atomic mass is 32.1. The van der Waals surface area contributed by atoms with Crippen LogP contribution in [-0.4, -0.2) is 32.8 Å². The fourth-order valence-electron chi connectivity index (χ4n) is 3.14. The number of pyridine rings is 1. The van der Waals surface area contributed by atoms with Gasteiger partial charge in [-0.1, -0.05) is 17.4 Å². The normalized spacial score (nSPS) is 12.2. The number of hydrogen-bond acceptors (Lipinski definition) is 7. The Morgan fingerprint density at radius 3 is 2.50 bits per heavy atom. The maximum atomic E-state index is 11.9. The van der Waals surface area contributed by atoms with Crippen LogP contribution in [0.4, 0.5) is 9.93 Å². The minimum atomic E-state index is -1.07. The van der Waals surface area contributed by atoms with Crippen LogP contribution < -0.4 is 16.4 Å². The van der Waals surface area contributed by atoms with Gasteiger partial charge in [0.05, 0.1) is 15.9 Å². The van der Waals surface area contributed by atoms with E-state index in [9.17, 15) is 15.0 Å². The molecule has 0 unspecified atom stereocenters. The molecule has 1 aromatic carbocycles. The third-order valence-electron chi connectivity index (χ3n) is 4.56. The van der Waals surface area contributed by atoms with Crippen molar-refractivity contribution in [2.24, 2.45) is 5.73 Å². The highest BCUT2D eigenvalue weighted by molar-refractivity contribution is 7.22. The number of phenolic OH excluding ortho intramolecular Hbond substituents is 1. The highest BCUT2D eigenvalue weighted by Gasteiger charge is 2.27. The van der Waals surface area contributed by atoms with Gasteiger partial charge >= 0.3 is 6.03 Å². The SMILES string of the molecule is CCNC(=O)Nc1nc2cc(-c3ccc(C(C)(C)O)nc3)c(O)c(C(C)(C)N)c2s1. The maximum absolute atomic E-state index is 11.9. The summed E-state index contributed by atoms with van der Waals surface area (Å²) in [6.07, 6.45) is 1.60. The third-order valence-corrected chi connectivity index (χ3v) is 5.56. The van der Waals surface area contributed by atoms with Gasteiger partial charge in [0.2, 0.25) is 0 Å². The predicted octanol–water partition coefficient (Wildman–Crippen LogP) is 3.63. The number of hydrogen-bond donors (Lipinski definition) is 5. The van der Waals surface area contributed by atoms with E-state index in [4.69, 9.17) is 5.73 Å². The van der Waals surface area contributed by atoms with Crippen molar-refractivity contribution in [1.29, 1.82) is 0 Å². The second-order valence-corrected chi connectivity index (χ2v) is 9.21. The van der Waals surface area contributed by atoms with Gasteiger partial charge in [-0.2, -0.15) is 0 Å². The van der Waals surface area contributed by atoms with Crippen LogP contribution >= 0.6 is 11.3 Å². The standard InChI is InChI=1S/C21H27N5O3S/c1-6-23-18(28)26-19-25-13-9-12(11-7-8-14(24-10-11)21(4,5)29)16(27)15(17(13)30-19)20(2,3)22/h7-10,27,29H,6,22H2,1-5H3,(H2,23,25,26,28). The van der Waals surface area contributed by atoms with E-state index in [1.165, 1.54) is 11.3 Å². The molecule has 8 nitrogen and oxygen atoms in total. The molecule has 0 aliphatic carbocycles. The zero-order chi connectivity index (χ0) is 22.3. The number of thiazole rings is 1. The summed E-state index contributed by atoms with van der Waals surface area (Å²) < 4.78 is 0.705. The lowest BCUT2D eigenvalue weighted by molar-refractivity contribution is 0.0739. The minimum Gasteiger partial charge on any atom is -0.507 e. The Balaban J connectivity index is 2.16. The van der Waals surface area contributed by atoms with E-state index in [1.54, 1.807) is 52.1 Å². The van der Waals surface area contributed by atoms with Gasteiger partial charge in [0.15, 0.2) is 5.13 Å². The molecule has 0 saturated carbocycles. The van der Waals surface area contributed by atoms with Crippen molar-refractivity contribution < 1.29 is 15.0 Å². The van der Waals surface area contributed by atoms with Gasteiger partial charge in [-0.25, -0.2) is 9.78 Å². The Bertz CT molecular complexity index is 1080. The van der Waals surface area contributed by atoms with Crippen LogP contribution in [0.5, 0.6) is 5.75 Å². The molecule has 0 radical (unpaired) electrons. The molecule has 30 heavy (non-hydrogen) atoms. The Labute approximate surface area is 179 Å². The van der Waals surface area contributed by atoms with E-state index in [0.717, 1.165) is 0 Å². The molecule has 0 aliphatic rings. The summed E-state index contributed by atoms with van der Waals surface area (Å²) in [4.78, 5) is 20.7. The molecule has 2 amide bonds. The average molecular weight is 430 g/mol. The smallest absolute Gasteiger partial charge is 0.321 e. The summed E-state index contributed by atoms with van der Waals surface area (Å²) in [5, 5.41) is 27.0. The number of carbonyl (C=O) groups excluding carboxylic acids is 1. The Kier molecular flexibility index (Phi) is 5.72. The number of benzene rings is 1. The molecular weight excluding hydrogens is 402 g/mol. The highest BCUT2D eigenvalue weighted by Crippen LogP contribution is 2.44. The van der Waals surface area contributed by atoms with Crippen molar-refractivity contribution in [3.8, 4) is 16.9 Å². The molecule has 0 saturated heterocycles. The molecule has 6 N–H and O–H groups in total. The number of nitrogens with zero attached hydrogens (tertiary/aromatic N) is 2. The van der Waals surface area contributed by atoms with Gasteiger partial charge in [0.1, 0.15) is 11.4 Å². The number of aliphatic hydroxyl groups is 1. The van der Waals surface area contributed by atoms with Gasteiger partial charge in [-0.15, -0.1) is 0 Å². The van der Waals surface area contributed by atoms with Crippen LogP contribution in [0.1, 0.15) is 45.9 Å². The number of anilines is 1. The monoisotopic (exact) mass is 429 g/mol. The number of rotatable bonds is 5. The van der Waals surface area contributed by atoms with Crippen LogP contribution in [0, 0.1) is 0 Å². The van der Waals surface area contributed by atoms with Gasteiger partial charge in [0.25, 0.3) is 0 Å². The summed E-state index contributed by atoms with van der Waals surface area (Å²) in [6.45, 7) is 9.25. The lowest BCUT2D eigenvalue weighted by atomic mass is 9.90. The number of aromatic hydroxyl groups is 1. The van der Waals surface area contributed by atoms with Crippen molar-refractivity contribution in [3.05, 3.63) is 35.7 Å². The van der Waals surface area contributed by atoms with Crippen molar-refractivity contribution >= 4 is 32.7 Å². The van der Waals surface area contributed by atoms with E-state index >= 15 is 0 Å². The summed E-state index contributed by atoms with van der Waals surface area (Å²) >= 11 is 1.26. The average Bonchev–Trinajstić information content (AvgIpc) is 3.00. The first kappa shape index (κ1) is 21.9. The van der Waals surface area contributed by atoms with Crippen LogP contribution in [0.2, 0.25) is 0 Å². The first-order valence-corrected chi connectivity index (χ1v) is 10.4. The quantitative estimate of drug-likeness (QED) is 0.421. The number of nitrogens with one attached hydrogen (secondary N) is 2. The number of aromatic nitrogens is 2. The van der Waals surface area contributed by atoms with Gasteiger partial charge in [-0.05, 0) is 46.8 Å². The largest absolute Gasteiger partial charge is 0.507 e. The molecule has 0 fully saturated rings. The summed E-state index contributed by atoms with van der Waals surface area (Å²) in [7, 11) is 0. The van der Waals surface area contributed by atoms with Crippen molar-refractivity contribution in [1.82, 2.24) is 15.3 Å². The van der Waals surface area contributed by atoms with E-state index < -0.39 is 11.1 Å². The number of phenols is 1. The van der Waals surface area contributed by atoms with E-state index in [2.05, 4.69) is 20.6 Å². The molecule has 0 bridgehead atoms. The molecular formula is C21H27N5O3S. The van der Waals surface area contributed by atoms with Crippen LogP contribution in [0.15, 0.2) is 24.4 Å². The molecule has 3 rings (SSSR count). The van der Waals surface area contributed by atoms with Crippen molar-refractivity contribution in [2.45, 2.75) is 45.8 Å². The lowest BCUT2D eigenvalue weighted by Crippen LogP contribution is -2.29. The molecule has 3 aromatic rings. The Morgan fingerprint density at radius 2 is 1.97 bits per heavy atom. The van der Waals surface area contributed by atoms with Gasteiger partial charge < -0.3 is 21.3 Å². The number of carbonyl (C=O) groups is 1. The number of urea groups is 1. The second kappa shape index (κ2) is 7.82. The fraction of sp³-hybridized carbons (Fsp3) is 0.381. The second-order valence-electron chi connectivity index (χ2n) is 8.21. The summed E-state index contributed by atoms with van der Waals surface area (Å²) in [5.74, 6) is 0.0426. The molecule has 0 spiro atoms. The molecule has 2 aromatic heterocycles. The molecule has 9 heteroatoms. The van der Waals surface area contributed by atoms with Crippen molar-refractivity contribution in [3.63, 3.8) is 0 Å². The first-order valence-electron chi connectivity index (χ1n) is 9.61. The molecule has 2 heterocycles. The number of nitrogens with two attached hydrogens (primary N) is 1. The molecule has 0 aliphatic heterocycles. The summed E-state index contributed by atoms with van der Waals surface area (Å²) in [5.41, 5.74) is 7.33. The van der Waals surface area contributed by atoms with Crippen LogP contribution in [0.3, 0.4) is 0 Å². The maximum Gasteiger partial charge on any atom is 0.321 e. The first-order chi connectivity index (χ1) is 13.9. The number of fused-ring (bicyclic) bond motifs is 1. The molecule has 0 atom stereocenters. The van der Waals surface area contributed by atoms with E-state index in [0.29, 0.717) is 44.3 Å². The zero-order valence-corrected chi connectivity index (χ0v) is 18.5. The van der Waals surface area contributed by atoms with Crippen LogP contribution in [0.25, 0.3) is 21.3 Å². The topological polar surface area (TPSA) is 133 Å². The van der Waals surface area contributed by atoms with Crippen molar-refractivity contribution in [2.75, 3.05) is 11.9 Å². The fourth-order valence-corrected chi connectivity index (χ4v) is 4.30. The molecule has 160 valence electrons. The predicted molar refractivity (Wildman–Crippen MR) is 120 cm³/mol. The Morgan fingerprint density at radius 1 is 1.27 bits per heavy atom. The summed E-state index contributed by atoms with van der Waals surface area (Å²) in [6, 6.07) is 4.91. The lowest BCUT2D eigenvalue weighted by Gasteiger charge is -2.23. The van der Waals surface area contributed by atoms with Gasteiger partial charge in [0, 0.05) is 35.0 Å². The van der Waals surface area contributed by atoms with E-state index in [1.807, 2.05) is 6.92 Å². The van der Waals surface area contributed by atoms with Crippen LogP contribution in [-0.2, 0) is 11.1 Å². The van der Waals surface area contributed by atoms with Gasteiger partial charge in [-0.3, -0.25) is 10.3 Å². The zero-order valence-electron chi connectivity index (χ0n) is 17.7. The Hall–Kier alpha value is -2.75. The third kappa shape index (κ3) is 4.38. The van der Waals surface area contributed by atoms with E-state index in [-0.39, 0.29) is 11.8 Å². The number of amides is 2.